The average Bonchev–Trinajstić information content (AvgIpc) is 3.56. The minimum absolute atomic E-state index is 0.0914. The van der Waals surface area contributed by atoms with E-state index in [9.17, 15) is 13.0 Å². The number of aryl methyl sites for hydroxylation is 1. The summed E-state index contributed by atoms with van der Waals surface area (Å²) < 4.78 is 46.8. The van der Waals surface area contributed by atoms with Crippen LogP contribution in [-0.2, 0) is 21.1 Å². The van der Waals surface area contributed by atoms with E-state index in [1.54, 1.807) is 0 Å². The lowest BCUT2D eigenvalue weighted by Gasteiger charge is -2.16. The summed E-state index contributed by atoms with van der Waals surface area (Å²) in [6.45, 7) is 9.34. The summed E-state index contributed by atoms with van der Waals surface area (Å²) in [6.07, 6.45) is 4.18. The average molecular weight is 625 g/mol. The number of aromatic nitrogens is 1. The van der Waals surface area contributed by atoms with E-state index in [0.717, 1.165) is 53.0 Å². The minimum Gasteiger partial charge on any atom is -0.726 e. The number of benzene rings is 4. The molecule has 1 aromatic heterocycles. The second-order valence-corrected chi connectivity index (χ2v) is 11.4. The third-order valence-corrected chi connectivity index (χ3v) is 7.80. The first-order valence-electron chi connectivity index (χ1n) is 14.9. The third kappa shape index (κ3) is 7.51. The van der Waals surface area contributed by atoms with E-state index in [4.69, 9.17) is 9.15 Å². The van der Waals surface area contributed by atoms with Crippen LogP contribution in [-0.4, -0.2) is 26.1 Å². The maximum atomic E-state index is 9.45. The molecule has 0 aliphatic carbocycles. The molecule has 0 amide bonds. The van der Waals surface area contributed by atoms with Crippen molar-refractivity contribution in [3.63, 3.8) is 0 Å². The molecule has 0 saturated heterocycles. The van der Waals surface area contributed by atoms with Crippen molar-refractivity contribution in [2.24, 2.45) is 0 Å². The number of hydrogen-bond donors (Lipinski definition) is 0. The summed E-state index contributed by atoms with van der Waals surface area (Å²) in [5.74, 6) is 2.53. The Bertz CT molecular complexity index is 1950. The molecule has 1 aliphatic heterocycles. The Morgan fingerprint density at radius 3 is 2.04 bits per heavy atom. The van der Waals surface area contributed by atoms with E-state index in [0.29, 0.717) is 0 Å². The zero-order chi connectivity index (χ0) is 32.0. The lowest BCUT2D eigenvalue weighted by Crippen LogP contribution is -2.33. The quantitative estimate of drug-likeness (QED) is 0.0991. The fraction of sp³-hybridized carbons (Fsp3) is 0.194. The van der Waals surface area contributed by atoms with Crippen LogP contribution in [0.25, 0.3) is 39.4 Å². The first kappa shape index (κ1) is 31.7. The molecule has 0 atom stereocenters. The van der Waals surface area contributed by atoms with Crippen molar-refractivity contribution in [1.82, 2.24) is 0 Å². The van der Waals surface area contributed by atoms with E-state index in [2.05, 4.69) is 132 Å². The van der Waals surface area contributed by atoms with Crippen LogP contribution < -0.4 is 14.2 Å². The van der Waals surface area contributed by atoms with Crippen molar-refractivity contribution >= 4 is 33.3 Å². The highest BCUT2D eigenvalue weighted by Crippen LogP contribution is 2.41. The van der Waals surface area contributed by atoms with Gasteiger partial charge in [-0.2, -0.15) is 4.57 Å². The van der Waals surface area contributed by atoms with E-state index >= 15 is 0 Å². The highest BCUT2D eigenvalue weighted by molar-refractivity contribution is 7.80. The zero-order valence-electron chi connectivity index (χ0n) is 25.8. The molecule has 6 rings (SSSR count). The normalized spacial score (nSPS) is 13.8. The maximum Gasteiger partial charge on any atom is 0.374 e. The molecule has 0 fully saturated rings. The molecule has 9 heteroatoms. The highest BCUT2D eigenvalue weighted by atomic mass is 32.3. The van der Waals surface area contributed by atoms with Crippen LogP contribution >= 0.6 is 0 Å². The predicted molar refractivity (Wildman–Crippen MR) is 176 cm³/mol. The third-order valence-electron chi connectivity index (χ3n) is 7.27. The van der Waals surface area contributed by atoms with E-state index < -0.39 is 10.4 Å². The van der Waals surface area contributed by atoms with Gasteiger partial charge in [-0.05, 0) is 73.7 Å². The molecule has 2 heterocycles. The Labute approximate surface area is 264 Å². The van der Waals surface area contributed by atoms with Crippen LogP contribution in [0.4, 0.5) is 5.69 Å². The molecule has 5 aromatic rings. The molecule has 0 radical (unpaired) electrons. The molecule has 0 bridgehead atoms. The van der Waals surface area contributed by atoms with Gasteiger partial charge in [0.15, 0.2) is 5.75 Å². The Hall–Kier alpha value is -4.70. The van der Waals surface area contributed by atoms with E-state index in [1.807, 2.05) is 12.1 Å². The summed E-state index contributed by atoms with van der Waals surface area (Å²) in [7, 11) is -4.42. The first-order chi connectivity index (χ1) is 21.7. The summed E-state index contributed by atoms with van der Waals surface area (Å²) >= 11 is 0. The number of oxazole rings is 1. The van der Waals surface area contributed by atoms with Crippen LogP contribution in [0, 0.1) is 0 Å². The molecular formula is C36H36N2O6S. The minimum atomic E-state index is -4.42. The number of fused-ring (bicyclic) bond motifs is 2. The van der Waals surface area contributed by atoms with Gasteiger partial charge >= 0.3 is 5.89 Å². The SMILES string of the molecule is CCN1/C(=C/C(C)=C/c2oc3ccc(-c4ccccc4)cc3[n+]2CC)Oc2ccc(-c3ccccc3)cc21.CCOS(=O)(=O)[O-]. The Morgan fingerprint density at radius 1 is 0.867 bits per heavy atom. The molecule has 0 N–H and O–H groups in total. The molecule has 232 valence electrons. The van der Waals surface area contributed by atoms with Gasteiger partial charge in [0.2, 0.25) is 21.9 Å². The van der Waals surface area contributed by atoms with Crippen LogP contribution in [0.2, 0.25) is 0 Å². The van der Waals surface area contributed by atoms with Crippen molar-refractivity contribution in [3.8, 4) is 28.0 Å². The molecule has 0 saturated carbocycles. The van der Waals surface area contributed by atoms with Gasteiger partial charge in [0.05, 0.1) is 18.4 Å². The number of nitrogens with zero attached hydrogens (tertiary/aromatic N) is 2. The molecule has 0 unspecified atom stereocenters. The number of anilines is 1. The number of ether oxygens (including phenoxy) is 1. The maximum absolute atomic E-state index is 9.45. The fourth-order valence-electron chi connectivity index (χ4n) is 5.27. The Kier molecular flexibility index (Phi) is 9.83. The smallest absolute Gasteiger partial charge is 0.374 e. The topological polar surface area (TPSA) is 95.9 Å². The van der Waals surface area contributed by atoms with Crippen molar-refractivity contribution in [2.75, 3.05) is 18.1 Å². The monoisotopic (exact) mass is 624 g/mol. The van der Waals surface area contributed by atoms with Crippen molar-refractivity contribution < 1.29 is 30.9 Å². The van der Waals surface area contributed by atoms with Gasteiger partial charge in [-0.25, -0.2) is 8.42 Å². The first-order valence-corrected chi connectivity index (χ1v) is 16.2. The van der Waals surface area contributed by atoms with Crippen LogP contribution in [0.3, 0.4) is 0 Å². The number of hydrogen-bond acceptors (Lipinski definition) is 7. The standard InChI is InChI=1S/C34H31N2O2.C2H6O4S/c1-4-35-29-22-27(25-12-8-6-9-13-25)16-18-31(29)37-33(35)20-24(3)21-34-36(5-2)30-23-28(17-19-32(30)38-34)26-14-10-7-11-15-26;1-2-6-7(3,4)5/h6-23H,4-5H2,1-3H3;2H2,1H3,(H,3,4,5)/q+1;/p-1. The summed E-state index contributed by atoms with van der Waals surface area (Å²) in [5, 5.41) is 0. The molecular weight excluding hydrogens is 588 g/mol. The largest absolute Gasteiger partial charge is 0.726 e. The molecule has 0 spiro atoms. The van der Waals surface area contributed by atoms with Crippen molar-refractivity contribution in [2.45, 2.75) is 34.2 Å². The lowest BCUT2D eigenvalue weighted by atomic mass is 10.0. The van der Waals surface area contributed by atoms with Gasteiger partial charge < -0.3 is 18.6 Å². The Morgan fingerprint density at radius 2 is 1.49 bits per heavy atom. The predicted octanol–water partition coefficient (Wildman–Crippen LogP) is 7.72. The van der Waals surface area contributed by atoms with Gasteiger partial charge in [-0.1, -0.05) is 72.8 Å². The summed E-state index contributed by atoms with van der Waals surface area (Å²) in [5.41, 5.74) is 8.88. The Balaban J connectivity index is 0.000000515. The van der Waals surface area contributed by atoms with Gasteiger partial charge in [-0.15, -0.1) is 0 Å². The molecule has 45 heavy (non-hydrogen) atoms. The summed E-state index contributed by atoms with van der Waals surface area (Å²) in [4.78, 5) is 2.22. The van der Waals surface area contributed by atoms with Crippen molar-refractivity contribution in [3.05, 3.63) is 120 Å². The highest BCUT2D eigenvalue weighted by Gasteiger charge is 2.26. The molecule has 8 nitrogen and oxygen atoms in total. The number of rotatable bonds is 8. The van der Waals surface area contributed by atoms with Gasteiger partial charge in [0.25, 0.3) is 5.52 Å². The van der Waals surface area contributed by atoms with E-state index in [-0.39, 0.29) is 6.61 Å². The fourth-order valence-corrected chi connectivity index (χ4v) is 5.55. The van der Waals surface area contributed by atoms with Gasteiger partial charge in [0, 0.05) is 18.7 Å². The second-order valence-electron chi connectivity index (χ2n) is 10.3. The van der Waals surface area contributed by atoms with Crippen LogP contribution in [0.15, 0.2) is 119 Å². The number of allylic oxidation sites excluding steroid dienone is 2. The van der Waals surface area contributed by atoms with Gasteiger partial charge in [0.1, 0.15) is 6.54 Å². The second kappa shape index (κ2) is 13.9. The molecule has 4 aromatic carbocycles. The lowest BCUT2D eigenvalue weighted by molar-refractivity contribution is -0.674. The van der Waals surface area contributed by atoms with Gasteiger partial charge in [-0.3, -0.25) is 4.18 Å². The van der Waals surface area contributed by atoms with Crippen LogP contribution in [0.5, 0.6) is 5.75 Å². The van der Waals surface area contributed by atoms with E-state index in [1.165, 1.54) is 29.2 Å². The summed E-state index contributed by atoms with van der Waals surface area (Å²) in [6, 6.07) is 33.7. The molecule has 1 aliphatic rings. The van der Waals surface area contributed by atoms with Crippen molar-refractivity contribution in [1.29, 1.82) is 0 Å². The van der Waals surface area contributed by atoms with Crippen LogP contribution in [0.1, 0.15) is 33.6 Å². The zero-order valence-corrected chi connectivity index (χ0v) is 26.6.